The summed E-state index contributed by atoms with van der Waals surface area (Å²) in [5.74, 6) is 1.17. The van der Waals surface area contributed by atoms with E-state index in [0.29, 0.717) is 5.92 Å². The highest BCUT2D eigenvalue weighted by Gasteiger charge is 2.25. The number of rotatable bonds is 3. The Morgan fingerprint density at radius 2 is 2.15 bits per heavy atom. The molecule has 0 spiro atoms. The van der Waals surface area contributed by atoms with E-state index in [1.807, 2.05) is 36.1 Å². The van der Waals surface area contributed by atoms with Crippen LogP contribution in [0.2, 0.25) is 0 Å². The van der Waals surface area contributed by atoms with Crippen molar-refractivity contribution in [3.63, 3.8) is 0 Å². The quantitative estimate of drug-likeness (QED) is 0.890. The van der Waals surface area contributed by atoms with Crippen LogP contribution in [0.1, 0.15) is 19.8 Å². The van der Waals surface area contributed by atoms with E-state index in [0.717, 1.165) is 37.4 Å². The lowest BCUT2D eigenvalue weighted by atomic mass is 9.92. The van der Waals surface area contributed by atoms with Gasteiger partial charge in [0, 0.05) is 24.8 Å². The van der Waals surface area contributed by atoms with Crippen LogP contribution in [0.25, 0.3) is 0 Å². The maximum Gasteiger partial charge on any atom is 0.321 e. The van der Waals surface area contributed by atoms with Crippen LogP contribution < -0.4 is 15.8 Å². The topological polar surface area (TPSA) is 67.6 Å². The predicted molar refractivity (Wildman–Crippen MR) is 80.0 cm³/mol. The zero-order valence-corrected chi connectivity index (χ0v) is 12.1. The van der Waals surface area contributed by atoms with Crippen LogP contribution in [-0.4, -0.2) is 37.2 Å². The van der Waals surface area contributed by atoms with Gasteiger partial charge in [0.15, 0.2) is 0 Å². The van der Waals surface area contributed by atoms with Gasteiger partial charge in [-0.15, -0.1) is 0 Å². The minimum absolute atomic E-state index is 0.0551. The summed E-state index contributed by atoms with van der Waals surface area (Å²) < 4.78 is 5.09. The number of carbonyl (C=O) groups excluding carboxylic acids is 1. The number of amides is 2. The van der Waals surface area contributed by atoms with E-state index in [2.05, 4.69) is 5.32 Å². The Kier molecular flexibility index (Phi) is 4.84. The van der Waals surface area contributed by atoms with Crippen molar-refractivity contribution in [3.8, 4) is 5.75 Å². The van der Waals surface area contributed by atoms with Crippen molar-refractivity contribution in [2.45, 2.75) is 25.8 Å². The van der Waals surface area contributed by atoms with Gasteiger partial charge >= 0.3 is 6.03 Å². The first-order valence-electron chi connectivity index (χ1n) is 7.05. The molecule has 1 aromatic carbocycles. The number of methoxy groups -OCH3 is 1. The smallest absolute Gasteiger partial charge is 0.321 e. The van der Waals surface area contributed by atoms with Gasteiger partial charge in [-0.25, -0.2) is 4.79 Å². The van der Waals surface area contributed by atoms with Crippen LogP contribution in [0.4, 0.5) is 10.5 Å². The Bertz CT molecular complexity index is 445. The average molecular weight is 277 g/mol. The summed E-state index contributed by atoms with van der Waals surface area (Å²) in [5.41, 5.74) is 6.72. The van der Waals surface area contributed by atoms with Crippen LogP contribution in [0.5, 0.6) is 5.75 Å². The Labute approximate surface area is 120 Å². The van der Waals surface area contributed by atoms with Crippen LogP contribution in [-0.2, 0) is 0 Å². The zero-order valence-electron chi connectivity index (χ0n) is 12.1. The number of nitrogens with zero attached hydrogens (tertiary/aromatic N) is 1. The standard InChI is InChI=1S/C15H23N3O2/c1-11(16)12-4-3-9-18(10-12)15(19)17-13-5-7-14(20-2)8-6-13/h5-8,11-12H,3-4,9-10,16H2,1-2H3,(H,17,19). The third kappa shape index (κ3) is 3.63. The summed E-state index contributed by atoms with van der Waals surface area (Å²) in [4.78, 5) is 14.1. The van der Waals surface area contributed by atoms with E-state index < -0.39 is 0 Å². The van der Waals surface area contributed by atoms with Crippen LogP contribution in [0, 0.1) is 5.92 Å². The lowest BCUT2D eigenvalue weighted by Crippen LogP contribution is -2.46. The summed E-state index contributed by atoms with van der Waals surface area (Å²) in [5, 5.41) is 2.91. The number of carbonyl (C=O) groups is 1. The Morgan fingerprint density at radius 3 is 2.75 bits per heavy atom. The minimum Gasteiger partial charge on any atom is -0.497 e. The fraction of sp³-hybridized carbons (Fsp3) is 0.533. The second kappa shape index (κ2) is 6.61. The average Bonchev–Trinajstić information content (AvgIpc) is 2.48. The molecule has 1 aliphatic rings. The number of hydrogen-bond acceptors (Lipinski definition) is 3. The first kappa shape index (κ1) is 14.7. The molecule has 1 saturated heterocycles. The van der Waals surface area contributed by atoms with E-state index in [9.17, 15) is 4.79 Å². The molecule has 0 radical (unpaired) electrons. The molecule has 110 valence electrons. The van der Waals surface area contributed by atoms with Crippen LogP contribution in [0.3, 0.4) is 0 Å². The van der Waals surface area contributed by atoms with Gasteiger partial charge in [0.05, 0.1) is 7.11 Å². The van der Waals surface area contributed by atoms with Crippen LogP contribution >= 0.6 is 0 Å². The molecule has 5 heteroatoms. The fourth-order valence-corrected chi connectivity index (χ4v) is 2.50. The van der Waals surface area contributed by atoms with E-state index in [1.54, 1.807) is 7.11 Å². The monoisotopic (exact) mass is 277 g/mol. The fourth-order valence-electron chi connectivity index (χ4n) is 2.50. The molecule has 5 nitrogen and oxygen atoms in total. The molecule has 0 aliphatic carbocycles. The van der Waals surface area contributed by atoms with E-state index in [-0.39, 0.29) is 12.1 Å². The molecule has 1 aromatic rings. The van der Waals surface area contributed by atoms with Crippen molar-refractivity contribution in [2.24, 2.45) is 11.7 Å². The van der Waals surface area contributed by atoms with Crippen molar-refractivity contribution in [1.82, 2.24) is 4.90 Å². The van der Waals surface area contributed by atoms with Gasteiger partial charge < -0.3 is 20.7 Å². The highest BCUT2D eigenvalue weighted by Crippen LogP contribution is 2.20. The summed E-state index contributed by atoms with van der Waals surface area (Å²) in [6.45, 7) is 3.54. The third-order valence-electron chi connectivity index (χ3n) is 3.83. The molecule has 0 bridgehead atoms. The highest BCUT2D eigenvalue weighted by molar-refractivity contribution is 5.89. The Morgan fingerprint density at radius 1 is 1.45 bits per heavy atom. The van der Waals surface area contributed by atoms with Gasteiger partial charge in [-0.05, 0) is 49.9 Å². The number of anilines is 1. The van der Waals surface area contributed by atoms with Crippen molar-refractivity contribution in [2.75, 3.05) is 25.5 Å². The lowest BCUT2D eigenvalue weighted by Gasteiger charge is -2.34. The number of hydrogen-bond donors (Lipinski definition) is 2. The summed E-state index contributed by atoms with van der Waals surface area (Å²) in [6.07, 6.45) is 2.12. The Hall–Kier alpha value is -1.75. The first-order valence-corrected chi connectivity index (χ1v) is 7.05. The normalized spacial score (nSPS) is 20.4. The van der Waals surface area contributed by atoms with E-state index in [4.69, 9.17) is 10.5 Å². The molecule has 2 atom stereocenters. The SMILES string of the molecule is COc1ccc(NC(=O)N2CCCC(C(C)N)C2)cc1. The number of ether oxygens (including phenoxy) is 1. The zero-order chi connectivity index (χ0) is 14.5. The molecule has 1 aliphatic heterocycles. The van der Waals surface area contributed by atoms with Crippen molar-refractivity contribution < 1.29 is 9.53 Å². The third-order valence-corrected chi connectivity index (χ3v) is 3.83. The molecule has 2 amide bonds. The molecule has 1 fully saturated rings. The minimum atomic E-state index is -0.0551. The first-order chi connectivity index (χ1) is 9.60. The summed E-state index contributed by atoms with van der Waals surface area (Å²) in [6, 6.07) is 7.41. The number of urea groups is 1. The molecule has 2 rings (SSSR count). The van der Waals surface area contributed by atoms with Gasteiger partial charge in [-0.3, -0.25) is 0 Å². The molecular formula is C15H23N3O2. The van der Waals surface area contributed by atoms with Gasteiger partial charge in [-0.1, -0.05) is 0 Å². The number of likely N-dealkylation sites (tertiary alicyclic amines) is 1. The van der Waals surface area contributed by atoms with Gasteiger partial charge in [0.1, 0.15) is 5.75 Å². The lowest BCUT2D eigenvalue weighted by molar-refractivity contribution is 0.169. The number of nitrogens with two attached hydrogens (primary N) is 1. The van der Waals surface area contributed by atoms with Crippen molar-refractivity contribution in [1.29, 1.82) is 0 Å². The molecular weight excluding hydrogens is 254 g/mol. The van der Waals surface area contributed by atoms with Crippen LogP contribution in [0.15, 0.2) is 24.3 Å². The second-order valence-corrected chi connectivity index (χ2v) is 5.37. The Balaban J connectivity index is 1.93. The van der Waals surface area contributed by atoms with Gasteiger partial charge in [-0.2, -0.15) is 0 Å². The van der Waals surface area contributed by atoms with E-state index in [1.165, 1.54) is 0 Å². The van der Waals surface area contributed by atoms with Gasteiger partial charge in [0.25, 0.3) is 0 Å². The molecule has 20 heavy (non-hydrogen) atoms. The highest BCUT2D eigenvalue weighted by atomic mass is 16.5. The largest absolute Gasteiger partial charge is 0.497 e. The van der Waals surface area contributed by atoms with Crippen molar-refractivity contribution >= 4 is 11.7 Å². The van der Waals surface area contributed by atoms with Crippen molar-refractivity contribution in [3.05, 3.63) is 24.3 Å². The second-order valence-electron chi connectivity index (χ2n) is 5.37. The summed E-state index contributed by atoms with van der Waals surface area (Å²) in [7, 11) is 1.62. The molecule has 0 saturated carbocycles. The maximum absolute atomic E-state index is 12.2. The predicted octanol–water partition coefficient (Wildman–Crippen LogP) is 2.29. The summed E-state index contributed by atoms with van der Waals surface area (Å²) >= 11 is 0. The van der Waals surface area contributed by atoms with Gasteiger partial charge in [0.2, 0.25) is 0 Å². The van der Waals surface area contributed by atoms with E-state index >= 15 is 0 Å². The maximum atomic E-state index is 12.2. The molecule has 2 unspecified atom stereocenters. The molecule has 3 N–H and O–H groups in total. The number of benzene rings is 1. The number of piperidine rings is 1. The number of nitrogens with one attached hydrogen (secondary N) is 1. The molecule has 0 aromatic heterocycles. The molecule has 1 heterocycles.